The molecule has 0 saturated carbocycles. The van der Waals surface area contributed by atoms with Crippen molar-refractivity contribution in [1.82, 2.24) is 29.2 Å². The highest BCUT2D eigenvalue weighted by atomic mass is 35.5. The number of carbonyl (C=O) groups is 2. The van der Waals surface area contributed by atoms with Gasteiger partial charge in [0.15, 0.2) is 0 Å². The predicted molar refractivity (Wildman–Crippen MR) is 143 cm³/mol. The molecular weight excluding hydrogens is 508 g/mol. The Kier molecular flexibility index (Phi) is 6.44. The molecule has 2 atom stereocenters. The van der Waals surface area contributed by atoms with E-state index in [0.29, 0.717) is 49.0 Å². The highest BCUT2D eigenvalue weighted by molar-refractivity contribution is 7.98. The monoisotopic (exact) mass is 532 g/mol. The van der Waals surface area contributed by atoms with Crippen molar-refractivity contribution in [2.45, 2.75) is 36.5 Å². The smallest absolute Gasteiger partial charge is 0.273 e. The number of imidazole rings is 1. The van der Waals surface area contributed by atoms with Crippen molar-refractivity contribution in [3.8, 4) is 11.3 Å². The van der Waals surface area contributed by atoms with E-state index in [2.05, 4.69) is 14.9 Å². The molecule has 188 valence electrons. The molecule has 1 aromatic carbocycles. The van der Waals surface area contributed by atoms with Crippen molar-refractivity contribution in [2.24, 2.45) is 0 Å². The topological polar surface area (TPSA) is 83.7 Å². The van der Waals surface area contributed by atoms with Gasteiger partial charge in [-0.1, -0.05) is 29.8 Å². The number of Topliss-reactive ketones (excluding diaryl/α,β-unsaturated/α-hetero) is 1. The quantitative estimate of drug-likeness (QED) is 0.356. The molecule has 2 saturated heterocycles. The first-order valence-electron chi connectivity index (χ1n) is 12.2. The van der Waals surface area contributed by atoms with Crippen LogP contribution >= 0.6 is 23.4 Å². The van der Waals surface area contributed by atoms with Crippen LogP contribution in [0.25, 0.3) is 17.0 Å². The lowest BCUT2D eigenvalue weighted by molar-refractivity contribution is -0.127. The number of benzene rings is 1. The largest absolute Gasteiger partial charge is 0.328 e. The molecule has 0 radical (unpaired) electrons. The van der Waals surface area contributed by atoms with Crippen molar-refractivity contribution in [2.75, 3.05) is 19.3 Å². The number of piperidine rings is 1. The average molecular weight is 533 g/mol. The standard InChI is InChI=1S/C27H25ClN6O2S/c1-37-24-5-2-4-22(30-24)26(36)34-19-12-21(35)13-20(34)15-32(14-19)16-23-25(17-6-8-18(28)9-7-17)31-27-29-10-3-11-33(23)27/h2-11,19-20H,12-16H2,1H3. The zero-order valence-corrected chi connectivity index (χ0v) is 21.8. The molecule has 0 N–H and O–H groups in total. The molecule has 37 heavy (non-hydrogen) atoms. The first kappa shape index (κ1) is 24.1. The average Bonchev–Trinajstić information content (AvgIpc) is 3.26. The first-order chi connectivity index (χ1) is 18.0. The maximum absolute atomic E-state index is 13.5. The summed E-state index contributed by atoms with van der Waals surface area (Å²) in [6, 6.07) is 14.7. The maximum Gasteiger partial charge on any atom is 0.273 e. The lowest BCUT2D eigenvalue weighted by Gasteiger charge is -2.49. The summed E-state index contributed by atoms with van der Waals surface area (Å²) < 4.78 is 2.01. The van der Waals surface area contributed by atoms with Gasteiger partial charge in [-0.05, 0) is 36.6 Å². The van der Waals surface area contributed by atoms with Gasteiger partial charge in [-0.2, -0.15) is 0 Å². The molecule has 8 nitrogen and oxygen atoms in total. The summed E-state index contributed by atoms with van der Waals surface area (Å²) in [6.07, 6.45) is 6.37. The highest BCUT2D eigenvalue weighted by Crippen LogP contribution is 2.32. The third kappa shape index (κ3) is 4.63. The van der Waals surface area contributed by atoms with Crippen molar-refractivity contribution in [3.63, 3.8) is 0 Å². The summed E-state index contributed by atoms with van der Waals surface area (Å²) in [5.74, 6) is 0.746. The van der Waals surface area contributed by atoms with Gasteiger partial charge < -0.3 is 4.90 Å². The molecule has 0 spiro atoms. The van der Waals surface area contributed by atoms with Crippen LogP contribution < -0.4 is 0 Å². The number of hydrogen-bond acceptors (Lipinski definition) is 7. The second-order valence-corrected chi connectivity index (χ2v) is 10.7. The van der Waals surface area contributed by atoms with Gasteiger partial charge in [0.2, 0.25) is 5.78 Å². The molecule has 1 amide bonds. The Bertz CT molecular complexity index is 1470. The second kappa shape index (κ2) is 9.89. The fourth-order valence-corrected chi connectivity index (χ4v) is 5.99. The van der Waals surface area contributed by atoms with E-state index in [1.165, 1.54) is 11.8 Å². The van der Waals surface area contributed by atoms with Gasteiger partial charge in [-0.25, -0.2) is 15.0 Å². The Morgan fingerprint density at radius 1 is 1.05 bits per heavy atom. The van der Waals surface area contributed by atoms with Crippen LogP contribution in [0.4, 0.5) is 0 Å². The SMILES string of the molecule is CSc1cccc(C(=O)N2C3CC(=O)CC2CN(Cc2c(-c4ccc(Cl)cc4)nc4ncccn24)C3)n1. The molecular formula is C27H25ClN6O2S. The number of piperazine rings is 1. The molecule has 2 bridgehead atoms. The van der Waals surface area contributed by atoms with Crippen molar-refractivity contribution in [1.29, 1.82) is 0 Å². The second-order valence-electron chi connectivity index (χ2n) is 9.43. The first-order valence-corrected chi connectivity index (χ1v) is 13.8. The minimum Gasteiger partial charge on any atom is -0.328 e. The van der Waals surface area contributed by atoms with Gasteiger partial charge in [0.1, 0.15) is 11.5 Å². The number of fused-ring (bicyclic) bond motifs is 3. The molecule has 2 fully saturated rings. The van der Waals surface area contributed by atoms with Crippen molar-refractivity contribution in [3.05, 3.63) is 77.3 Å². The third-order valence-electron chi connectivity index (χ3n) is 7.03. The number of aromatic nitrogens is 4. The summed E-state index contributed by atoms with van der Waals surface area (Å²) in [5, 5.41) is 1.48. The molecule has 3 aromatic heterocycles. The van der Waals surface area contributed by atoms with E-state index < -0.39 is 0 Å². The van der Waals surface area contributed by atoms with Crippen molar-refractivity contribution < 1.29 is 9.59 Å². The fourth-order valence-electron chi connectivity index (χ4n) is 5.46. The molecule has 2 aliphatic rings. The van der Waals surface area contributed by atoms with Crippen LogP contribution in [0.2, 0.25) is 5.02 Å². The number of likely N-dealkylation sites (tertiary alicyclic amines) is 1. The van der Waals surface area contributed by atoms with Gasteiger partial charge in [-0.3, -0.25) is 18.9 Å². The third-order valence-corrected chi connectivity index (χ3v) is 7.93. The Morgan fingerprint density at radius 2 is 1.81 bits per heavy atom. The molecule has 2 unspecified atom stereocenters. The van der Waals surface area contributed by atoms with E-state index in [0.717, 1.165) is 22.0 Å². The van der Waals surface area contributed by atoms with Crippen molar-refractivity contribution >= 4 is 40.8 Å². The van der Waals surface area contributed by atoms with E-state index in [1.807, 2.05) is 64.2 Å². The van der Waals surface area contributed by atoms with E-state index in [4.69, 9.17) is 16.6 Å². The highest BCUT2D eigenvalue weighted by Gasteiger charge is 2.43. The van der Waals surface area contributed by atoms with Crippen LogP contribution in [0.15, 0.2) is 66.0 Å². The lowest BCUT2D eigenvalue weighted by Crippen LogP contribution is -2.64. The molecule has 5 heterocycles. The number of nitrogens with zero attached hydrogens (tertiary/aromatic N) is 6. The van der Waals surface area contributed by atoms with Gasteiger partial charge in [0, 0.05) is 55.5 Å². The minimum absolute atomic E-state index is 0.0982. The number of carbonyl (C=O) groups excluding carboxylic acids is 2. The number of rotatable bonds is 5. The van der Waals surface area contributed by atoms with Crippen LogP contribution in [0.1, 0.15) is 29.0 Å². The molecule has 6 rings (SSSR count). The molecule has 0 aliphatic carbocycles. The summed E-state index contributed by atoms with van der Waals surface area (Å²) in [5.41, 5.74) is 3.27. The number of hydrogen-bond donors (Lipinski definition) is 0. The van der Waals surface area contributed by atoms with Crippen LogP contribution in [0.3, 0.4) is 0 Å². The zero-order chi connectivity index (χ0) is 25.5. The van der Waals surface area contributed by atoms with Crippen LogP contribution in [0.5, 0.6) is 0 Å². The van der Waals surface area contributed by atoms with E-state index >= 15 is 0 Å². The number of amides is 1. The Labute approximate surface area is 223 Å². The lowest BCUT2D eigenvalue weighted by atomic mass is 9.89. The number of pyridine rings is 1. The molecule has 2 aliphatic heterocycles. The summed E-state index contributed by atoms with van der Waals surface area (Å²) in [6.45, 7) is 1.82. The summed E-state index contributed by atoms with van der Waals surface area (Å²) in [7, 11) is 0. The zero-order valence-electron chi connectivity index (χ0n) is 20.2. The number of halogens is 1. The number of ketones is 1. The normalized spacial score (nSPS) is 19.9. The van der Waals surface area contributed by atoms with E-state index in [9.17, 15) is 9.59 Å². The fraction of sp³-hybridized carbons (Fsp3) is 0.296. The number of thioether (sulfide) groups is 1. The van der Waals surface area contributed by atoms with Crippen LogP contribution in [0, 0.1) is 0 Å². The van der Waals surface area contributed by atoms with E-state index in [1.54, 1.807) is 12.3 Å². The molecule has 10 heteroatoms. The Balaban J connectivity index is 1.30. The predicted octanol–water partition coefficient (Wildman–Crippen LogP) is 4.22. The van der Waals surface area contributed by atoms with E-state index in [-0.39, 0.29) is 23.8 Å². The molecule has 4 aromatic rings. The van der Waals surface area contributed by atoms with Gasteiger partial charge in [0.05, 0.1) is 28.5 Å². The summed E-state index contributed by atoms with van der Waals surface area (Å²) in [4.78, 5) is 44.1. The maximum atomic E-state index is 13.5. The van der Waals surface area contributed by atoms with Crippen LogP contribution in [-0.4, -0.2) is 72.3 Å². The van der Waals surface area contributed by atoms with Gasteiger partial charge in [-0.15, -0.1) is 11.8 Å². The summed E-state index contributed by atoms with van der Waals surface area (Å²) >= 11 is 7.64. The minimum atomic E-state index is -0.191. The Hall–Kier alpha value is -3.27. The van der Waals surface area contributed by atoms with Crippen LogP contribution in [-0.2, 0) is 11.3 Å². The Morgan fingerprint density at radius 3 is 2.54 bits per heavy atom. The van der Waals surface area contributed by atoms with Gasteiger partial charge >= 0.3 is 0 Å². The van der Waals surface area contributed by atoms with Gasteiger partial charge in [0.25, 0.3) is 5.91 Å².